The van der Waals surface area contributed by atoms with Crippen molar-refractivity contribution >= 4 is 23.9 Å². The number of ether oxygens (including phenoxy) is 2. The monoisotopic (exact) mass is 436 g/mol. The number of rotatable bonds is 6. The van der Waals surface area contributed by atoms with E-state index in [1.54, 1.807) is 6.92 Å². The summed E-state index contributed by atoms with van der Waals surface area (Å²) in [6.07, 6.45) is 0.141. The van der Waals surface area contributed by atoms with E-state index in [2.05, 4.69) is 0 Å². The van der Waals surface area contributed by atoms with Crippen molar-refractivity contribution in [3.63, 3.8) is 0 Å². The molecule has 0 bridgehead atoms. The predicted molar refractivity (Wildman–Crippen MR) is 114 cm³/mol. The van der Waals surface area contributed by atoms with Crippen LogP contribution in [-0.2, 0) is 23.9 Å². The van der Waals surface area contributed by atoms with Gasteiger partial charge in [0.25, 0.3) is 5.91 Å². The van der Waals surface area contributed by atoms with Crippen molar-refractivity contribution in [3.8, 4) is 11.1 Å². The lowest BCUT2D eigenvalue weighted by atomic mass is 9.91. The van der Waals surface area contributed by atoms with E-state index >= 15 is 0 Å². The summed E-state index contributed by atoms with van der Waals surface area (Å²) in [6, 6.07) is 15.3. The van der Waals surface area contributed by atoms with Crippen LogP contribution >= 0.6 is 0 Å². The first-order valence-electron chi connectivity index (χ1n) is 10.5. The fourth-order valence-corrected chi connectivity index (χ4v) is 4.51. The third kappa shape index (κ3) is 3.72. The molecule has 0 radical (unpaired) electrons. The van der Waals surface area contributed by atoms with E-state index in [1.807, 2.05) is 54.6 Å². The van der Waals surface area contributed by atoms with Crippen molar-refractivity contribution in [3.05, 3.63) is 60.2 Å². The molecule has 3 atom stereocenters. The van der Waals surface area contributed by atoms with Crippen LogP contribution in [0.15, 0.2) is 54.6 Å². The number of urea groups is 1. The number of imide groups is 1. The molecule has 0 aliphatic carbocycles. The largest absolute Gasteiger partial charge is 0.469 e. The Morgan fingerprint density at radius 1 is 1.00 bits per heavy atom. The SMILES string of the molecule is CCOC(=O)CN1C(=O)C2CC(C(=O)OC)C(c3ccc(-c4ccccc4)cc3)N2C1=O. The lowest BCUT2D eigenvalue weighted by molar-refractivity contribution is -0.148. The van der Waals surface area contributed by atoms with Crippen molar-refractivity contribution in [2.45, 2.75) is 25.4 Å². The van der Waals surface area contributed by atoms with E-state index in [-0.39, 0.29) is 13.0 Å². The Morgan fingerprint density at radius 2 is 1.66 bits per heavy atom. The molecule has 2 saturated heterocycles. The second-order valence-electron chi connectivity index (χ2n) is 7.73. The van der Waals surface area contributed by atoms with Gasteiger partial charge in [0.1, 0.15) is 12.6 Å². The molecule has 2 heterocycles. The number of nitrogens with zero attached hydrogens (tertiary/aromatic N) is 2. The summed E-state index contributed by atoms with van der Waals surface area (Å²) in [4.78, 5) is 52.8. The van der Waals surface area contributed by atoms with Crippen molar-refractivity contribution < 1.29 is 28.7 Å². The van der Waals surface area contributed by atoms with Gasteiger partial charge in [-0.2, -0.15) is 0 Å². The number of amides is 3. The molecule has 2 aromatic carbocycles. The zero-order valence-electron chi connectivity index (χ0n) is 17.9. The Kier molecular flexibility index (Phi) is 5.94. The molecular formula is C24H24N2O6. The third-order valence-electron chi connectivity index (χ3n) is 5.95. The summed E-state index contributed by atoms with van der Waals surface area (Å²) >= 11 is 0. The fraction of sp³-hybridized carbons (Fsp3) is 0.333. The van der Waals surface area contributed by atoms with Crippen molar-refractivity contribution in [2.75, 3.05) is 20.3 Å². The standard InChI is InChI=1S/C24H24N2O6/c1-3-32-20(27)14-25-22(28)19-13-18(23(29)31-2)21(26(19)24(25)30)17-11-9-16(10-12-17)15-7-5-4-6-8-15/h4-12,18-19,21H,3,13-14H2,1-2H3. The Balaban J connectivity index is 1.65. The Bertz CT molecular complexity index is 1040. The highest BCUT2D eigenvalue weighted by Crippen LogP contribution is 2.46. The normalized spacial score (nSPS) is 22.1. The molecule has 0 N–H and O–H groups in total. The molecule has 2 fully saturated rings. The van der Waals surface area contributed by atoms with Crippen LogP contribution in [0.4, 0.5) is 4.79 Å². The van der Waals surface area contributed by atoms with Crippen LogP contribution in [0.3, 0.4) is 0 Å². The highest BCUT2D eigenvalue weighted by atomic mass is 16.5. The third-order valence-corrected chi connectivity index (χ3v) is 5.95. The number of esters is 2. The summed E-state index contributed by atoms with van der Waals surface area (Å²) < 4.78 is 9.85. The van der Waals surface area contributed by atoms with E-state index in [4.69, 9.17) is 9.47 Å². The van der Waals surface area contributed by atoms with E-state index in [9.17, 15) is 19.2 Å². The van der Waals surface area contributed by atoms with Gasteiger partial charge in [-0.3, -0.25) is 19.3 Å². The Labute approximate surface area is 185 Å². The summed E-state index contributed by atoms with van der Waals surface area (Å²) in [5, 5.41) is 0. The first kappa shape index (κ1) is 21.5. The van der Waals surface area contributed by atoms with E-state index < -0.39 is 48.4 Å². The van der Waals surface area contributed by atoms with Gasteiger partial charge in [0.15, 0.2) is 0 Å². The zero-order chi connectivity index (χ0) is 22.8. The maximum atomic E-state index is 13.1. The van der Waals surface area contributed by atoms with Crippen LogP contribution in [0.25, 0.3) is 11.1 Å². The van der Waals surface area contributed by atoms with Gasteiger partial charge >= 0.3 is 18.0 Å². The number of fused-ring (bicyclic) bond motifs is 1. The molecule has 3 amide bonds. The first-order valence-corrected chi connectivity index (χ1v) is 10.5. The minimum Gasteiger partial charge on any atom is -0.469 e. The fourth-order valence-electron chi connectivity index (χ4n) is 4.51. The molecule has 32 heavy (non-hydrogen) atoms. The average Bonchev–Trinajstić information content (AvgIpc) is 3.31. The van der Waals surface area contributed by atoms with Crippen LogP contribution in [0, 0.1) is 5.92 Å². The molecule has 4 rings (SSSR count). The summed E-state index contributed by atoms with van der Waals surface area (Å²) in [5.41, 5.74) is 2.76. The van der Waals surface area contributed by atoms with Gasteiger partial charge < -0.3 is 14.4 Å². The quantitative estimate of drug-likeness (QED) is 0.511. The maximum absolute atomic E-state index is 13.1. The number of carbonyl (C=O) groups excluding carboxylic acids is 4. The molecule has 2 aliphatic rings. The van der Waals surface area contributed by atoms with Gasteiger partial charge in [0.05, 0.1) is 25.7 Å². The average molecular weight is 436 g/mol. The second-order valence-corrected chi connectivity index (χ2v) is 7.73. The van der Waals surface area contributed by atoms with Crippen LogP contribution in [0.5, 0.6) is 0 Å². The lowest BCUT2D eigenvalue weighted by Crippen LogP contribution is -2.40. The molecule has 0 spiro atoms. The Morgan fingerprint density at radius 3 is 2.28 bits per heavy atom. The van der Waals surface area contributed by atoms with Crippen molar-refractivity contribution in [1.29, 1.82) is 0 Å². The van der Waals surface area contributed by atoms with Crippen LogP contribution in [0.1, 0.15) is 24.9 Å². The van der Waals surface area contributed by atoms with Gasteiger partial charge in [-0.25, -0.2) is 4.79 Å². The number of carbonyl (C=O) groups is 4. The first-order chi connectivity index (χ1) is 15.5. The molecule has 166 valence electrons. The Hall–Kier alpha value is -3.68. The van der Waals surface area contributed by atoms with Gasteiger partial charge in [0, 0.05) is 0 Å². The predicted octanol–water partition coefficient (Wildman–Crippen LogP) is 2.78. The van der Waals surface area contributed by atoms with Gasteiger partial charge in [-0.05, 0) is 30.0 Å². The summed E-state index contributed by atoms with van der Waals surface area (Å²) in [7, 11) is 1.29. The van der Waals surface area contributed by atoms with Gasteiger partial charge in [-0.15, -0.1) is 0 Å². The lowest BCUT2D eigenvalue weighted by Gasteiger charge is -2.27. The van der Waals surface area contributed by atoms with Crippen LogP contribution in [0.2, 0.25) is 0 Å². The molecule has 8 heteroatoms. The van der Waals surface area contributed by atoms with Crippen LogP contribution in [-0.4, -0.2) is 60.0 Å². The molecule has 8 nitrogen and oxygen atoms in total. The smallest absolute Gasteiger partial charge is 0.328 e. The summed E-state index contributed by atoms with van der Waals surface area (Å²) in [6.45, 7) is 1.36. The minimum absolute atomic E-state index is 0.141. The molecule has 3 unspecified atom stereocenters. The topological polar surface area (TPSA) is 93.2 Å². The highest BCUT2D eigenvalue weighted by Gasteiger charge is 2.58. The summed E-state index contributed by atoms with van der Waals surface area (Å²) in [5.74, 6) is -2.30. The number of methoxy groups -OCH3 is 1. The molecule has 2 aliphatic heterocycles. The van der Waals surface area contributed by atoms with Crippen molar-refractivity contribution in [2.24, 2.45) is 5.92 Å². The molecule has 2 aromatic rings. The molecule has 0 saturated carbocycles. The second kappa shape index (κ2) is 8.82. The molecule has 0 aromatic heterocycles. The highest BCUT2D eigenvalue weighted by molar-refractivity contribution is 6.07. The van der Waals surface area contributed by atoms with E-state index in [0.717, 1.165) is 21.6 Å². The van der Waals surface area contributed by atoms with Crippen molar-refractivity contribution in [1.82, 2.24) is 9.80 Å². The maximum Gasteiger partial charge on any atom is 0.328 e. The molecular weight excluding hydrogens is 412 g/mol. The van der Waals surface area contributed by atoms with Gasteiger partial charge in [0.2, 0.25) is 0 Å². The zero-order valence-corrected chi connectivity index (χ0v) is 17.9. The minimum atomic E-state index is -0.820. The van der Waals surface area contributed by atoms with E-state index in [0.29, 0.717) is 0 Å². The van der Waals surface area contributed by atoms with Gasteiger partial charge in [-0.1, -0.05) is 54.6 Å². The van der Waals surface area contributed by atoms with Crippen LogP contribution < -0.4 is 0 Å². The number of hydrogen-bond acceptors (Lipinski definition) is 6. The number of hydrogen-bond donors (Lipinski definition) is 0. The van der Waals surface area contributed by atoms with E-state index in [1.165, 1.54) is 12.0 Å². The number of benzene rings is 2.